The molecule has 2 aromatic carbocycles. The van der Waals surface area contributed by atoms with Crippen LogP contribution in [0.4, 0.5) is 10.1 Å². The third-order valence-electron chi connectivity index (χ3n) is 3.99. The molecule has 0 aliphatic carbocycles. The third-order valence-corrected chi connectivity index (χ3v) is 4.29. The maximum absolute atomic E-state index is 13.8. The molecule has 26 heavy (non-hydrogen) atoms. The van der Waals surface area contributed by atoms with Crippen LogP contribution in [0.2, 0.25) is 5.02 Å². The van der Waals surface area contributed by atoms with E-state index in [0.29, 0.717) is 41.0 Å². The quantitative estimate of drug-likeness (QED) is 0.411. The maximum Gasteiger partial charge on any atom is 0.123 e. The van der Waals surface area contributed by atoms with E-state index in [2.05, 4.69) is 16.3 Å². The van der Waals surface area contributed by atoms with E-state index in [1.807, 2.05) is 13.8 Å². The Bertz CT molecular complexity index is 855. The molecule has 1 unspecified atom stereocenters. The van der Waals surface area contributed by atoms with Crippen molar-refractivity contribution in [2.75, 3.05) is 13.1 Å². The summed E-state index contributed by atoms with van der Waals surface area (Å²) in [5, 5.41) is 20.8. The van der Waals surface area contributed by atoms with Gasteiger partial charge in [0.1, 0.15) is 11.5 Å². The Kier molecular flexibility index (Phi) is 6.73. The number of benzene rings is 2. The minimum atomic E-state index is -0.847. The molecule has 0 aliphatic rings. The van der Waals surface area contributed by atoms with E-state index in [9.17, 15) is 9.50 Å². The molecule has 0 aliphatic heterocycles. The van der Waals surface area contributed by atoms with Gasteiger partial charge in [0, 0.05) is 18.7 Å². The molecular weight excluding hydrogens is 353 g/mol. The normalized spacial score (nSPS) is 12.2. The second-order valence-electron chi connectivity index (χ2n) is 5.71. The first kappa shape index (κ1) is 19.9. The number of nitrogens with zero attached hydrogens (tertiary/aromatic N) is 3. The van der Waals surface area contributed by atoms with Crippen LogP contribution in [0.25, 0.3) is 11.1 Å². The predicted molar refractivity (Wildman–Crippen MR) is 103 cm³/mol. The fourth-order valence-corrected chi connectivity index (χ4v) is 2.89. The second kappa shape index (κ2) is 8.79. The molecule has 0 aromatic heterocycles. The smallest absolute Gasteiger partial charge is 0.123 e. The molecular formula is C20H21ClFN3O. The molecule has 0 fully saturated rings. The van der Waals surface area contributed by atoms with Crippen molar-refractivity contribution in [2.24, 2.45) is 10.3 Å². The van der Waals surface area contributed by atoms with Gasteiger partial charge in [-0.05, 0) is 50.1 Å². The first-order valence-corrected chi connectivity index (χ1v) is 8.74. The Balaban J connectivity index is 2.83. The highest BCUT2D eigenvalue weighted by atomic mass is 35.5. The van der Waals surface area contributed by atoms with Crippen LogP contribution in [0.15, 0.2) is 40.7 Å². The van der Waals surface area contributed by atoms with Gasteiger partial charge in [-0.3, -0.25) is 5.01 Å². The average molecular weight is 374 g/mol. The molecule has 1 N–H and O–H groups in total. The van der Waals surface area contributed by atoms with Crippen molar-refractivity contribution in [3.63, 3.8) is 0 Å². The Hall–Kier alpha value is -2.42. The van der Waals surface area contributed by atoms with Crippen LogP contribution in [0.3, 0.4) is 0 Å². The van der Waals surface area contributed by atoms with E-state index in [4.69, 9.17) is 18.0 Å². The lowest BCUT2D eigenvalue weighted by molar-refractivity contribution is 0.200. The zero-order valence-corrected chi connectivity index (χ0v) is 15.8. The highest BCUT2D eigenvalue weighted by molar-refractivity contribution is 6.32. The highest BCUT2D eigenvalue weighted by Gasteiger charge is 2.21. The van der Waals surface area contributed by atoms with Crippen molar-refractivity contribution in [1.29, 1.82) is 0 Å². The molecule has 1 atom stereocenters. The molecule has 0 radical (unpaired) electrons. The SMILES string of the molecule is C#Cc1c(Cl)cc(C(C)O)c(-c2cccc(F)c2)c1N=NN(CC)CC. The summed E-state index contributed by atoms with van der Waals surface area (Å²) in [5.41, 5.74) is 2.27. The van der Waals surface area contributed by atoms with E-state index in [1.54, 1.807) is 30.1 Å². The van der Waals surface area contributed by atoms with Crippen LogP contribution in [-0.4, -0.2) is 23.2 Å². The van der Waals surface area contributed by atoms with Gasteiger partial charge >= 0.3 is 0 Å². The molecule has 0 spiro atoms. The first-order valence-electron chi connectivity index (χ1n) is 8.36. The van der Waals surface area contributed by atoms with Gasteiger partial charge in [0.25, 0.3) is 0 Å². The second-order valence-corrected chi connectivity index (χ2v) is 6.11. The molecule has 2 rings (SSSR count). The van der Waals surface area contributed by atoms with E-state index < -0.39 is 11.9 Å². The molecule has 0 heterocycles. The average Bonchev–Trinajstić information content (AvgIpc) is 2.62. The minimum absolute atomic E-state index is 0.289. The summed E-state index contributed by atoms with van der Waals surface area (Å²) in [7, 11) is 0. The van der Waals surface area contributed by atoms with Gasteiger partial charge in [-0.15, -0.1) is 11.5 Å². The van der Waals surface area contributed by atoms with E-state index in [-0.39, 0.29) is 5.02 Å². The van der Waals surface area contributed by atoms with Crippen LogP contribution >= 0.6 is 11.6 Å². The molecule has 136 valence electrons. The molecule has 4 nitrogen and oxygen atoms in total. The number of hydrogen-bond acceptors (Lipinski definition) is 3. The lowest BCUT2D eigenvalue weighted by Crippen LogP contribution is -2.14. The summed E-state index contributed by atoms with van der Waals surface area (Å²) >= 11 is 6.31. The zero-order valence-electron chi connectivity index (χ0n) is 15.0. The third kappa shape index (κ3) is 4.21. The molecule has 0 saturated carbocycles. The fourth-order valence-electron chi connectivity index (χ4n) is 2.63. The number of aliphatic hydroxyl groups is 1. The van der Waals surface area contributed by atoms with Crippen LogP contribution < -0.4 is 0 Å². The van der Waals surface area contributed by atoms with Crippen molar-refractivity contribution >= 4 is 17.3 Å². The van der Waals surface area contributed by atoms with Crippen LogP contribution in [0.5, 0.6) is 0 Å². The van der Waals surface area contributed by atoms with E-state index in [0.717, 1.165) is 0 Å². The monoisotopic (exact) mass is 373 g/mol. The van der Waals surface area contributed by atoms with Gasteiger partial charge in [0.2, 0.25) is 0 Å². The first-order chi connectivity index (χ1) is 12.4. The molecule has 6 heteroatoms. The Morgan fingerprint density at radius 1 is 1.31 bits per heavy atom. The van der Waals surface area contributed by atoms with Gasteiger partial charge < -0.3 is 5.11 Å². The number of rotatable bonds is 6. The van der Waals surface area contributed by atoms with Crippen molar-refractivity contribution < 1.29 is 9.50 Å². The largest absolute Gasteiger partial charge is 0.389 e. The number of halogens is 2. The van der Waals surface area contributed by atoms with Crippen LogP contribution in [0, 0.1) is 18.2 Å². The summed E-state index contributed by atoms with van der Waals surface area (Å²) in [5.74, 6) is 2.13. The number of terminal acetylenes is 1. The lowest BCUT2D eigenvalue weighted by Gasteiger charge is -2.18. The standard InChI is InChI=1S/C20H21ClFN3O/c1-5-16-18(21)12-17(13(4)26)19(14-9-8-10-15(22)11-14)20(16)23-24-25(6-2)7-3/h1,8-13,26H,6-7H2,2-4H3. The van der Waals surface area contributed by atoms with E-state index >= 15 is 0 Å². The zero-order chi connectivity index (χ0) is 19.3. The molecule has 0 bridgehead atoms. The van der Waals surface area contributed by atoms with Crippen molar-refractivity contribution in [3.05, 3.63) is 52.3 Å². The lowest BCUT2D eigenvalue weighted by atomic mass is 9.92. The Labute approximate surface area is 158 Å². The van der Waals surface area contributed by atoms with Crippen molar-refractivity contribution in [1.82, 2.24) is 5.01 Å². The predicted octanol–water partition coefficient (Wildman–Crippen LogP) is 5.52. The summed E-state index contributed by atoms with van der Waals surface area (Å²) in [6, 6.07) is 7.63. The molecule has 2 aromatic rings. The summed E-state index contributed by atoms with van der Waals surface area (Å²) in [6.45, 7) is 6.86. The molecule has 0 saturated heterocycles. The fraction of sp³-hybridized carbons (Fsp3) is 0.300. The van der Waals surface area contributed by atoms with Crippen LogP contribution in [0.1, 0.15) is 38.0 Å². The molecule has 0 amide bonds. The Morgan fingerprint density at radius 3 is 2.54 bits per heavy atom. The summed E-state index contributed by atoms with van der Waals surface area (Å²) in [6.07, 6.45) is 4.79. The minimum Gasteiger partial charge on any atom is -0.389 e. The van der Waals surface area contributed by atoms with Gasteiger partial charge in [0.15, 0.2) is 0 Å². The highest BCUT2D eigenvalue weighted by Crippen LogP contribution is 2.42. The topological polar surface area (TPSA) is 48.2 Å². The number of aliphatic hydroxyl groups excluding tert-OH is 1. The van der Waals surface area contributed by atoms with Gasteiger partial charge in [-0.25, -0.2) is 4.39 Å². The van der Waals surface area contributed by atoms with Crippen molar-refractivity contribution in [3.8, 4) is 23.5 Å². The number of hydrogen-bond donors (Lipinski definition) is 1. The Morgan fingerprint density at radius 2 is 2.00 bits per heavy atom. The summed E-state index contributed by atoms with van der Waals surface area (Å²) < 4.78 is 13.8. The van der Waals surface area contributed by atoms with Crippen LogP contribution in [-0.2, 0) is 0 Å². The summed E-state index contributed by atoms with van der Waals surface area (Å²) in [4.78, 5) is 0. The van der Waals surface area contributed by atoms with Gasteiger partial charge in [0.05, 0.1) is 16.7 Å². The van der Waals surface area contributed by atoms with E-state index in [1.165, 1.54) is 12.1 Å². The maximum atomic E-state index is 13.8. The van der Waals surface area contributed by atoms with Crippen molar-refractivity contribution in [2.45, 2.75) is 26.9 Å². The van der Waals surface area contributed by atoms with Gasteiger partial charge in [-0.2, -0.15) is 0 Å². The van der Waals surface area contributed by atoms with Gasteiger partial charge in [-0.1, -0.05) is 34.9 Å².